The molecule has 24 heavy (non-hydrogen) atoms. The van der Waals surface area contributed by atoms with Crippen molar-refractivity contribution in [1.29, 1.82) is 0 Å². The van der Waals surface area contributed by atoms with Crippen LogP contribution < -0.4 is 0 Å². The van der Waals surface area contributed by atoms with Gasteiger partial charge in [-0.15, -0.1) is 0 Å². The van der Waals surface area contributed by atoms with Gasteiger partial charge in [-0.2, -0.15) is 0 Å². The summed E-state index contributed by atoms with van der Waals surface area (Å²) in [6, 6.07) is 5.67. The number of aryl methyl sites for hydroxylation is 1. The summed E-state index contributed by atoms with van der Waals surface area (Å²) in [7, 11) is 0. The van der Waals surface area contributed by atoms with E-state index in [1.165, 1.54) is 24.5 Å². The van der Waals surface area contributed by atoms with Gasteiger partial charge in [-0.05, 0) is 25.5 Å². The summed E-state index contributed by atoms with van der Waals surface area (Å²) in [6.45, 7) is 3.08. The summed E-state index contributed by atoms with van der Waals surface area (Å²) in [4.78, 5) is 34.3. The van der Waals surface area contributed by atoms with Crippen LogP contribution in [0.1, 0.15) is 39.0 Å². The first-order valence-electron chi connectivity index (χ1n) is 7.10. The van der Waals surface area contributed by atoms with E-state index in [1.54, 1.807) is 19.9 Å². The average molecular weight is 333 g/mol. The molecule has 0 fully saturated rings. The molecule has 0 saturated heterocycles. The normalized spacial score (nSPS) is 10.2. The van der Waals surface area contributed by atoms with E-state index < -0.39 is 16.9 Å². The maximum atomic E-state index is 12.2. The van der Waals surface area contributed by atoms with Crippen molar-refractivity contribution in [1.82, 2.24) is 0 Å². The van der Waals surface area contributed by atoms with Gasteiger partial charge in [0.2, 0.25) is 0 Å². The Morgan fingerprint density at radius 3 is 2.62 bits per heavy atom. The molecule has 0 aliphatic heterocycles. The summed E-state index contributed by atoms with van der Waals surface area (Å²) >= 11 is 0. The van der Waals surface area contributed by atoms with Crippen LogP contribution in [0.3, 0.4) is 0 Å². The first kappa shape index (κ1) is 17.2. The van der Waals surface area contributed by atoms with Gasteiger partial charge in [0.15, 0.2) is 12.4 Å². The van der Waals surface area contributed by atoms with Crippen molar-refractivity contribution in [3.63, 3.8) is 0 Å². The quantitative estimate of drug-likeness (QED) is 0.454. The lowest BCUT2D eigenvalue weighted by atomic mass is 10.1. The highest BCUT2D eigenvalue weighted by molar-refractivity contribution is 5.95. The smallest absolute Gasteiger partial charge is 0.345 e. The van der Waals surface area contributed by atoms with Crippen molar-refractivity contribution in [3.05, 3.63) is 63.1 Å². The highest BCUT2D eigenvalue weighted by Crippen LogP contribution is 2.23. The van der Waals surface area contributed by atoms with Crippen LogP contribution in [0.15, 0.2) is 34.9 Å². The standard InChI is InChI=1S/C16H15NO7/c1-3-22-15(18)11-7-8-23-13(11)9-24-16(19)14-10(2)5-4-6-12(14)17(20)21/h4-8H,3,9H2,1-2H3. The molecule has 0 aliphatic carbocycles. The number of hydrogen-bond acceptors (Lipinski definition) is 7. The number of hydrogen-bond donors (Lipinski definition) is 0. The predicted molar refractivity (Wildman–Crippen MR) is 81.6 cm³/mol. The second-order valence-electron chi connectivity index (χ2n) is 4.78. The summed E-state index contributed by atoms with van der Waals surface area (Å²) in [5.41, 5.74) is 0.0833. The van der Waals surface area contributed by atoms with Crippen LogP contribution in [0, 0.1) is 17.0 Å². The maximum Gasteiger partial charge on any atom is 0.345 e. The van der Waals surface area contributed by atoms with Crippen molar-refractivity contribution < 1.29 is 28.4 Å². The molecule has 0 amide bonds. The molecule has 0 radical (unpaired) electrons. The van der Waals surface area contributed by atoms with Gasteiger partial charge in [-0.25, -0.2) is 9.59 Å². The number of carbonyl (C=O) groups is 2. The minimum atomic E-state index is -0.869. The van der Waals surface area contributed by atoms with Gasteiger partial charge in [0.1, 0.15) is 11.1 Å². The molecule has 1 heterocycles. The number of nitro groups is 1. The largest absolute Gasteiger partial charge is 0.465 e. The van der Waals surface area contributed by atoms with Gasteiger partial charge < -0.3 is 13.9 Å². The second-order valence-corrected chi connectivity index (χ2v) is 4.78. The molecule has 126 valence electrons. The van der Waals surface area contributed by atoms with Crippen LogP contribution in [0.25, 0.3) is 0 Å². The number of esters is 2. The van der Waals surface area contributed by atoms with E-state index in [4.69, 9.17) is 13.9 Å². The van der Waals surface area contributed by atoms with Crippen molar-refractivity contribution in [2.75, 3.05) is 6.61 Å². The van der Waals surface area contributed by atoms with Gasteiger partial charge in [-0.1, -0.05) is 12.1 Å². The van der Waals surface area contributed by atoms with E-state index in [-0.39, 0.29) is 35.8 Å². The molecule has 0 unspecified atom stereocenters. The number of benzene rings is 1. The average Bonchev–Trinajstić information content (AvgIpc) is 3.01. The minimum absolute atomic E-state index is 0.109. The summed E-state index contributed by atoms with van der Waals surface area (Å²) < 4.78 is 15.0. The molecule has 0 bridgehead atoms. The number of nitro benzene ring substituents is 1. The van der Waals surface area contributed by atoms with Gasteiger partial charge in [0, 0.05) is 6.07 Å². The molecular formula is C16H15NO7. The van der Waals surface area contributed by atoms with Gasteiger partial charge in [-0.3, -0.25) is 10.1 Å². The highest BCUT2D eigenvalue weighted by atomic mass is 16.6. The summed E-state index contributed by atoms with van der Waals surface area (Å²) in [5, 5.41) is 11.0. The second kappa shape index (κ2) is 7.40. The zero-order chi connectivity index (χ0) is 17.7. The van der Waals surface area contributed by atoms with Crippen LogP contribution in [0.5, 0.6) is 0 Å². The Morgan fingerprint density at radius 2 is 1.96 bits per heavy atom. The number of rotatable bonds is 6. The lowest BCUT2D eigenvalue weighted by Crippen LogP contribution is -2.12. The van der Waals surface area contributed by atoms with Crippen LogP contribution in [-0.2, 0) is 16.1 Å². The van der Waals surface area contributed by atoms with Gasteiger partial charge >= 0.3 is 11.9 Å². The topological polar surface area (TPSA) is 109 Å². The maximum absolute atomic E-state index is 12.2. The first-order chi connectivity index (χ1) is 11.5. The van der Waals surface area contributed by atoms with E-state index in [0.29, 0.717) is 5.56 Å². The fourth-order valence-corrected chi connectivity index (χ4v) is 2.12. The van der Waals surface area contributed by atoms with E-state index in [9.17, 15) is 19.7 Å². The predicted octanol–water partition coefficient (Wildman–Crippen LogP) is 3.03. The summed E-state index contributed by atoms with van der Waals surface area (Å²) in [5.74, 6) is -1.36. The van der Waals surface area contributed by atoms with E-state index in [1.807, 2.05) is 0 Å². The van der Waals surface area contributed by atoms with E-state index >= 15 is 0 Å². The summed E-state index contributed by atoms with van der Waals surface area (Å²) in [6.07, 6.45) is 1.27. The number of carbonyl (C=O) groups excluding carboxylic acids is 2. The lowest BCUT2D eigenvalue weighted by molar-refractivity contribution is -0.385. The Bertz CT molecular complexity index is 778. The molecule has 8 heteroatoms. The Balaban J connectivity index is 2.17. The van der Waals surface area contributed by atoms with Gasteiger partial charge in [0.05, 0.1) is 17.8 Å². The molecule has 2 aromatic rings. The first-order valence-corrected chi connectivity index (χ1v) is 7.10. The molecular weight excluding hydrogens is 318 g/mol. The molecule has 1 aromatic heterocycles. The molecule has 0 atom stereocenters. The Hall–Kier alpha value is -3.16. The van der Waals surface area contributed by atoms with Crippen LogP contribution in [0.4, 0.5) is 5.69 Å². The molecule has 2 rings (SSSR count). The molecule has 0 saturated carbocycles. The Morgan fingerprint density at radius 1 is 1.21 bits per heavy atom. The van der Waals surface area contributed by atoms with Crippen molar-refractivity contribution in [2.45, 2.75) is 20.5 Å². The Labute approximate surface area is 137 Å². The van der Waals surface area contributed by atoms with Crippen molar-refractivity contribution in [2.24, 2.45) is 0 Å². The highest BCUT2D eigenvalue weighted by Gasteiger charge is 2.25. The third kappa shape index (κ3) is 3.60. The number of furan rings is 1. The fourth-order valence-electron chi connectivity index (χ4n) is 2.12. The van der Waals surface area contributed by atoms with E-state index in [0.717, 1.165) is 0 Å². The van der Waals surface area contributed by atoms with Crippen molar-refractivity contribution in [3.8, 4) is 0 Å². The van der Waals surface area contributed by atoms with Gasteiger partial charge in [0.25, 0.3) is 5.69 Å². The third-order valence-electron chi connectivity index (χ3n) is 3.23. The van der Waals surface area contributed by atoms with Crippen LogP contribution >= 0.6 is 0 Å². The van der Waals surface area contributed by atoms with E-state index in [2.05, 4.69) is 0 Å². The molecule has 0 aliphatic rings. The van der Waals surface area contributed by atoms with Crippen LogP contribution in [0.2, 0.25) is 0 Å². The zero-order valence-electron chi connectivity index (χ0n) is 13.1. The van der Waals surface area contributed by atoms with Crippen molar-refractivity contribution >= 4 is 17.6 Å². The monoisotopic (exact) mass is 333 g/mol. The zero-order valence-corrected chi connectivity index (χ0v) is 13.1. The fraction of sp³-hybridized carbons (Fsp3) is 0.250. The third-order valence-corrected chi connectivity index (χ3v) is 3.23. The molecule has 8 nitrogen and oxygen atoms in total. The number of ether oxygens (including phenoxy) is 2. The Kier molecular flexibility index (Phi) is 5.31. The minimum Gasteiger partial charge on any atom is -0.465 e. The lowest BCUT2D eigenvalue weighted by Gasteiger charge is -2.07. The molecule has 0 N–H and O–H groups in total. The SMILES string of the molecule is CCOC(=O)c1ccoc1COC(=O)c1c(C)cccc1[N+](=O)[O-]. The molecule has 0 spiro atoms. The van der Waals surface area contributed by atoms with Crippen LogP contribution in [-0.4, -0.2) is 23.5 Å². The molecule has 1 aromatic carbocycles. The number of nitrogens with zero attached hydrogens (tertiary/aromatic N) is 1.